The van der Waals surface area contributed by atoms with Crippen molar-refractivity contribution < 1.29 is 13.9 Å². The summed E-state index contributed by atoms with van der Waals surface area (Å²) in [7, 11) is 0. The number of aromatic amines is 1. The summed E-state index contributed by atoms with van der Waals surface area (Å²) in [6, 6.07) is 3.85. The van der Waals surface area contributed by atoms with Crippen LogP contribution in [0.1, 0.15) is 36.6 Å². The standard InChI is InChI=1S/C16H21N3O3S/c1-12-5-6-13(22-12)7-8-14-17-16(19-18-14)23-11-10-21-15-4-2-3-9-20-15/h5-8,15H,2-4,9-11H2,1H3,(H,17,18,19)/b8-7+. The van der Waals surface area contributed by atoms with Gasteiger partial charge in [0, 0.05) is 12.4 Å². The summed E-state index contributed by atoms with van der Waals surface area (Å²) >= 11 is 1.56. The molecule has 0 amide bonds. The number of furan rings is 1. The molecule has 6 nitrogen and oxygen atoms in total. The van der Waals surface area contributed by atoms with Crippen LogP contribution >= 0.6 is 11.8 Å². The molecule has 0 saturated carbocycles. The number of aromatic nitrogens is 3. The average molecular weight is 335 g/mol. The molecule has 1 saturated heterocycles. The molecular weight excluding hydrogens is 314 g/mol. The molecule has 2 aromatic rings. The summed E-state index contributed by atoms with van der Waals surface area (Å²) in [5, 5.41) is 7.79. The van der Waals surface area contributed by atoms with Crippen LogP contribution in [0.5, 0.6) is 0 Å². The molecule has 0 aliphatic carbocycles. The second-order valence-corrected chi connectivity index (χ2v) is 6.36. The molecule has 1 aliphatic heterocycles. The number of H-pyrrole nitrogens is 1. The highest BCUT2D eigenvalue weighted by Crippen LogP contribution is 2.17. The second kappa shape index (κ2) is 8.33. The average Bonchev–Trinajstić information content (AvgIpc) is 3.19. The number of aryl methyl sites for hydroxylation is 1. The number of rotatable bonds is 7. The Kier molecular flexibility index (Phi) is 5.90. The number of hydrogen-bond donors (Lipinski definition) is 1. The quantitative estimate of drug-likeness (QED) is 0.616. The monoisotopic (exact) mass is 335 g/mol. The van der Waals surface area contributed by atoms with Gasteiger partial charge in [0.2, 0.25) is 5.16 Å². The minimum absolute atomic E-state index is 0.0354. The highest BCUT2D eigenvalue weighted by molar-refractivity contribution is 7.99. The van der Waals surface area contributed by atoms with Crippen molar-refractivity contribution >= 4 is 23.9 Å². The molecule has 0 bridgehead atoms. The summed E-state index contributed by atoms with van der Waals surface area (Å²) in [5.41, 5.74) is 0. The molecule has 7 heteroatoms. The van der Waals surface area contributed by atoms with E-state index >= 15 is 0 Å². The van der Waals surface area contributed by atoms with Gasteiger partial charge in [0.05, 0.1) is 6.61 Å². The summed E-state index contributed by atoms with van der Waals surface area (Å²) in [6.07, 6.45) is 7.00. The smallest absolute Gasteiger partial charge is 0.208 e. The van der Waals surface area contributed by atoms with Crippen LogP contribution in [0.4, 0.5) is 0 Å². The minimum atomic E-state index is -0.0354. The molecule has 23 heavy (non-hydrogen) atoms. The Balaban J connectivity index is 1.39. The van der Waals surface area contributed by atoms with Gasteiger partial charge in [0.1, 0.15) is 17.3 Å². The Hall–Kier alpha value is -1.57. The number of nitrogens with one attached hydrogen (secondary N) is 1. The number of ether oxygens (including phenoxy) is 2. The van der Waals surface area contributed by atoms with Gasteiger partial charge in [-0.25, -0.2) is 4.98 Å². The first-order chi connectivity index (χ1) is 11.3. The van der Waals surface area contributed by atoms with Crippen molar-refractivity contribution in [3.05, 3.63) is 29.5 Å². The molecule has 2 aromatic heterocycles. The molecule has 3 heterocycles. The van der Waals surface area contributed by atoms with E-state index in [2.05, 4.69) is 15.2 Å². The van der Waals surface area contributed by atoms with E-state index in [1.165, 1.54) is 6.42 Å². The molecule has 1 unspecified atom stereocenters. The van der Waals surface area contributed by atoms with E-state index in [9.17, 15) is 0 Å². The first-order valence-electron chi connectivity index (χ1n) is 7.82. The van der Waals surface area contributed by atoms with Gasteiger partial charge in [-0.2, -0.15) is 0 Å². The third kappa shape index (κ3) is 5.23. The fourth-order valence-electron chi connectivity index (χ4n) is 2.26. The van der Waals surface area contributed by atoms with Crippen LogP contribution in [0.3, 0.4) is 0 Å². The minimum Gasteiger partial charge on any atom is -0.462 e. The molecule has 0 aromatic carbocycles. The van der Waals surface area contributed by atoms with Crippen LogP contribution in [0.15, 0.2) is 21.7 Å². The van der Waals surface area contributed by atoms with E-state index < -0.39 is 0 Å². The lowest BCUT2D eigenvalue weighted by molar-refractivity contribution is -0.158. The largest absolute Gasteiger partial charge is 0.462 e. The van der Waals surface area contributed by atoms with Crippen molar-refractivity contribution in [2.75, 3.05) is 19.0 Å². The molecule has 0 radical (unpaired) electrons. The summed E-state index contributed by atoms with van der Waals surface area (Å²) in [6.45, 7) is 3.37. The van der Waals surface area contributed by atoms with Gasteiger partial charge in [-0.3, -0.25) is 5.10 Å². The van der Waals surface area contributed by atoms with Crippen molar-refractivity contribution in [2.24, 2.45) is 0 Å². The molecule has 1 N–H and O–H groups in total. The third-order valence-corrected chi connectivity index (χ3v) is 4.22. The summed E-state index contributed by atoms with van der Waals surface area (Å²) in [5.74, 6) is 3.20. The van der Waals surface area contributed by atoms with Gasteiger partial charge in [0.25, 0.3) is 0 Å². The van der Waals surface area contributed by atoms with Crippen molar-refractivity contribution in [3.8, 4) is 0 Å². The summed E-state index contributed by atoms with van der Waals surface area (Å²) in [4.78, 5) is 4.40. The lowest BCUT2D eigenvalue weighted by Crippen LogP contribution is -2.23. The Labute approximate surface area is 139 Å². The summed E-state index contributed by atoms with van der Waals surface area (Å²) < 4.78 is 16.7. The molecule has 1 aliphatic rings. The van der Waals surface area contributed by atoms with Gasteiger partial charge in [-0.15, -0.1) is 5.10 Å². The van der Waals surface area contributed by atoms with Crippen LogP contribution in [-0.2, 0) is 9.47 Å². The molecule has 3 rings (SSSR count). The Morgan fingerprint density at radius 2 is 2.35 bits per heavy atom. The van der Waals surface area contributed by atoms with E-state index in [1.807, 2.05) is 31.2 Å². The maximum absolute atomic E-state index is 5.68. The predicted octanol–water partition coefficient (Wildman–Crippen LogP) is 3.51. The zero-order valence-electron chi connectivity index (χ0n) is 13.2. The van der Waals surface area contributed by atoms with Gasteiger partial charge >= 0.3 is 0 Å². The molecule has 1 fully saturated rings. The SMILES string of the molecule is Cc1ccc(/C=C/c2nc(SCCOC3CCCCO3)n[nH]2)o1. The predicted molar refractivity (Wildman–Crippen MR) is 89.0 cm³/mol. The number of hydrogen-bond acceptors (Lipinski definition) is 6. The number of thioether (sulfide) groups is 1. The van der Waals surface area contributed by atoms with E-state index in [-0.39, 0.29) is 6.29 Å². The first-order valence-corrected chi connectivity index (χ1v) is 8.81. The Morgan fingerprint density at radius 3 is 3.13 bits per heavy atom. The highest BCUT2D eigenvalue weighted by atomic mass is 32.2. The van der Waals surface area contributed by atoms with Crippen LogP contribution in [-0.4, -0.2) is 40.4 Å². The molecular formula is C16H21N3O3S. The second-order valence-electron chi connectivity index (χ2n) is 5.30. The van der Waals surface area contributed by atoms with E-state index in [1.54, 1.807) is 11.8 Å². The van der Waals surface area contributed by atoms with Crippen molar-refractivity contribution in [3.63, 3.8) is 0 Å². The van der Waals surface area contributed by atoms with Crippen LogP contribution in [0, 0.1) is 6.92 Å². The fraction of sp³-hybridized carbons (Fsp3) is 0.500. The maximum atomic E-state index is 5.68. The van der Waals surface area contributed by atoms with Gasteiger partial charge in [-0.05, 0) is 50.5 Å². The van der Waals surface area contributed by atoms with Crippen molar-refractivity contribution in [2.45, 2.75) is 37.6 Å². The highest BCUT2D eigenvalue weighted by Gasteiger charge is 2.13. The zero-order chi connectivity index (χ0) is 15.9. The number of nitrogens with zero attached hydrogens (tertiary/aromatic N) is 2. The fourth-order valence-corrected chi connectivity index (χ4v) is 2.89. The topological polar surface area (TPSA) is 73.2 Å². The van der Waals surface area contributed by atoms with Crippen LogP contribution in [0.25, 0.3) is 12.2 Å². The Morgan fingerprint density at radius 1 is 1.39 bits per heavy atom. The van der Waals surface area contributed by atoms with E-state index in [0.717, 1.165) is 36.7 Å². The molecule has 124 valence electrons. The zero-order valence-corrected chi connectivity index (χ0v) is 14.0. The lowest BCUT2D eigenvalue weighted by Gasteiger charge is -2.22. The van der Waals surface area contributed by atoms with E-state index in [4.69, 9.17) is 13.9 Å². The Bertz CT molecular complexity index is 632. The lowest BCUT2D eigenvalue weighted by atomic mass is 10.2. The van der Waals surface area contributed by atoms with Crippen molar-refractivity contribution in [1.29, 1.82) is 0 Å². The first kappa shape index (κ1) is 16.3. The van der Waals surface area contributed by atoms with Gasteiger partial charge < -0.3 is 13.9 Å². The third-order valence-electron chi connectivity index (χ3n) is 3.40. The van der Waals surface area contributed by atoms with Crippen LogP contribution in [0.2, 0.25) is 0 Å². The molecule has 1 atom stereocenters. The van der Waals surface area contributed by atoms with Crippen molar-refractivity contribution in [1.82, 2.24) is 15.2 Å². The maximum Gasteiger partial charge on any atom is 0.208 e. The van der Waals surface area contributed by atoms with Gasteiger partial charge in [0.15, 0.2) is 6.29 Å². The molecule has 0 spiro atoms. The van der Waals surface area contributed by atoms with Gasteiger partial charge in [-0.1, -0.05) is 11.8 Å². The van der Waals surface area contributed by atoms with Crippen LogP contribution < -0.4 is 0 Å². The normalized spacial score (nSPS) is 18.7. The van der Waals surface area contributed by atoms with E-state index in [0.29, 0.717) is 17.6 Å².